The topological polar surface area (TPSA) is 50.3 Å². The van der Waals surface area contributed by atoms with Crippen LogP contribution in [0.15, 0.2) is 36.0 Å². The van der Waals surface area contributed by atoms with Crippen LogP contribution >= 0.6 is 11.3 Å². The number of nitrogens with zero attached hydrogens (tertiary/aromatic N) is 2. The Morgan fingerprint density at radius 3 is 2.74 bits per heavy atom. The van der Waals surface area contributed by atoms with Gasteiger partial charge in [-0.15, -0.1) is 11.3 Å². The van der Waals surface area contributed by atoms with Crippen LogP contribution in [-0.2, 0) is 0 Å². The van der Waals surface area contributed by atoms with Crippen molar-refractivity contribution in [2.24, 2.45) is 0 Å². The number of carbonyl (C=O) groups is 2. The molecule has 2 heterocycles. The zero-order chi connectivity index (χ0) is 16.8. The minimum Gasteiger partial charge on any atom is -0.335 e. The monoisotopic (exact) mass is 330 g/mol. The molecular formula is C18H22N2O2S. The van der Waals surface area contributed by atoms with E-state index in [4.69, 9.17) is 0 Å². The average molecular weight is 330 g/mol. The van der Waals surface area contributed by atoms with Crippen LogP contribution in [0.5, 0.6) is 0 Å². The molecule has 1 atom stereocenters. The molecule has 23 heavy (non-hydrogen) atoms. The van der Waals surface area contributed by atoms with Gasteiger partial charge in [-0.05, 0) is 31.0 Å². The first-order valence-electron chi connectivity index (χ1n) is 7.81. The maximum absolute atomic E-state index is 12.8. The van der Waals surface area contributed by atoms with Gasteiger partial charge in [0, 0.05) is 24.8 Å². The number of hydrogen-bond acceptors (Lipinski definition) is 4. The maximum Gasteiger partial charge on any atom is 0.254 e. The van der Waals surface area contributed by atoms with Crippen LogP contribution in [0.25, 0.3) is 0 Å². The Balaban J connectivity index is 2.23. The Morgan fingerprint density at radius 2 is 2.17 bits per heavy atom. The smallest absolute Gasteiger partial charge is 0.254 e. The number of ketones is 1. The van der Waals surface area contributed by atoms with Crippen molar-refractivity contribution in [3.05, 3.63) is 52.0 Å². The third kappa shape index (κ3) is 4.26. The van der Waals surface area contributed by atoms with E-state index in [1.165, 1.54) is 18.3 Å². The first-order valence-corrected chi connectivity index (χ1v) is 8.69. The van der Waals surface area contributed by atoms with Crippen molar-refractivity contribution in [2.75, 3.05) is 7.05 Å². The first-order chi connectivity index (χ1) is 11.0. The Hall–Kier alpha value is -2.01. The number of rotatable bonds is 7. The highest BCUT2D eigenvalue weighted by atomic mass is 32.1. The fourth-order valence-corrected chi connectivity index (χ4v) is 3.32. The lowest BCUT2D eigenvalue weighted by Crippen LogP contribution is -2.31. The molecule has 0 radical (unpaired) electrons. The lowest BCUT2D eigenvalue weighted by atomic mass is 10.0. The van der Waals surface area contributed by atoms with Crippen molar-refractivity contribution in [2.45, 2.75) is 39.2 Å². The number of pyridine rings is 1. The van der Waals surface area contributed by atoms with Gasteiger partial charge in [0.1, 0.15) is 0 Å². The summed E-state index contributed by atoms with van der Waals surface area (Å²) < 4.78 is 0. The second-order valence-corrected chi connectivity index (χ2v) is 6.53. The van der Waals surface area contributed by atoms with Crippen LogP contribution in [0.4, 0.5) is 0 Å². The van der Waals surface area contributed by atoms with Crippen molar-refractivity contribution in [3.8, 4) is 0 Å². The molecule has 1 amide bonds. The van der Waals surface area contributed by atoms with Crippen molar-refractivity contribution < 1.29 is 9.59 Å². The molecule has 5 heteroatoms. The van der Waals surface area contributed by atoms with E-state index in [9.17, 15) is 9.59 Å². The second kappa shape index (κ2) is 8.02. The molecule has 0 N–H and O–H groups in total. The van der Waals surface area contributed by atoms with Crippen LogP contribution < -0.4 is 0 Å². The highest BCUT2D eigenvalue weighted by Crippen LogP contribution is 2.27. The quantitative estimate of drug-likeness (QED) is 0.709. The fraction of sp³-hybridized carbons (Fsp3) is 0.389. The molecule has 2 aromatic rings. The van der Waals surface area contributed by atoms with E-state index >= 15 is 0 Å². The van der Waals surface area contributed by atoms with Gasteiger partial charge in [-0.25, -0.2) is 0 Å². The van der Waals surface area contributed by atoms with Crippen molar-refractivity contribution in [3.63, 3.8) is 0 Å². The predicted octanol–water partition coefficient (Wildman–Crippen LogP) is 4.35. The maximum atomic E-state index is 12.8. The molecule has 0 fully saturated rings. The van der Waals surface area contributed by atoms with E-state index in [1.54, 1.807) is 22.5 Å². The number of unbranched alkanes of at least 4 members (excludes halogenated alkanes) is 1. The van der Waals surface area contributed by atoms with Gasteiger partial charge in [0.15, 0.2) is 5.78 Å². The van der Waals surface area contributed by atoms with E-state index in [-0.39, 0.29) is 17.7 Å². The van der Waals surface area contributed by atoms with Gasteiger partial charge >= 0.3 is 0 Å². The lowest BCUT2D eigenvalue weighted by molar-refractivity contribution is 0.0720. The Labute approximate surface area is 141 Å². The van der Waals surface area contributed by atoms with Crippen LogP contribution in [0.2, 0.25) is 0 Å². The number of hydrogen-bond donors (Lipinski definition) is 0. The predicted molar refractivity (Wildman–Crippen MR) is 92.9 cm³/mol. The minimum absolute atomic E-state index is 0.00294. The van der Waals surface area contributed by atoms with E-state index in [0.29, 0.717) is 10.4 Å². The van der Waals surface area contributed by atoms with Crippen LogP contribution in [0.3, 0.4) is 0 Å². The van der Waals surface area contributed by atoms with Gasteiger partial charge < -0.3 is 4.90 Å². The number of thiophene rings is 1. The van der Waals surface area contributed by atoms with E-state index in [0.717, 1.165) is 24.8 Å². The third-order valence-corrected chi connectivity index (χ3v) is 4.91. The van der Waals surface area contributed by atoms with Gasteiger partial charge in [0.05, 0.1) is 16.5 Å². The number of Topliss-reactive ketones (excluding diaryl/α,β-unsaturated/α-hetero) is 1. The summed E-state index contributed by atoms with van der Waals surface area (Å²) in [5.41, 5.74) is 1.62. The Bertz CT molecular complexity index is 667. The summed E-state index contributed by atoms with van der Waals surface area (Å²) in [7, 11) is 1.82. The second-order valence-electron chi connectivity index (χ2n) is 5.62. The molecule has 122 valence electrons. The van der Waals surface area contributed by atoms with Crippen molar-refractivity contribution in [1.29, 1.82) is 0 Å². The number of amides is 1. The number of aromatic nitrogens is 1. The number of carbonyl (C=O) groups excluding carboxylic acids is 2. The van der Waals surface area contributed by atoms with E-state index in [1.807, 2.05) is 25.4 Å². The normalized spacial score (nSPS) is 12.0. The van der Waals surface area contributed by atoms with Crippen LogP contribution in [-0.4, -0.2) is 28.6 Å². The molecule has 2 rings (SSSR count). The molecular weight excluding hydrogens is 308 g/mol. The van der Waals surface area contributed by atoms with Crippen LogP contribution in [0.1, 0.15) is 64.7 Å². The fourth-order valence-electron chi connectivity index (χ4n) is 2.53. The highest BCUT2D eigenvalue weighted by Gasteiger charge is 2.23. The highest BCUT2D eigenvalue weighted by molar-refractivity contribution is 7.12. The summed E-state index contributed by atoms with van der Waals surface area (Å²) in [5, 5.41) is 1.76. The molecule has 0 aliphatic heterocycles. The van der Waals surface area contributed by atoms with Gasteiger partial charge in [-0.3, -0.25) is 14.6 Å². The zero-order valence-corrected chi connectivity index (χ0v) is 14.6. The molecule has 0 saturated carbocycles. The van der Waals surface area contributed by atoms with E-state index in [2.05, 4.69) is 11.9 Å². The molecule has 0 saturated heterocycles. The summed E-state index contributed by atoms with van der Waals surface area (Å²) in [6.45, 7) is 3.66. The molecule has 0 bridgehead atoms. The molecule has 0 aromatic carbocycles. The van der Waals surface area contributed by atoms with Gasteiger partial charge in [0.25, 0.3) is 5.91 Å². The third-order valence-electron chi connectivity index (χ3n) is 3.88. The molecule has 0 spiro atoms. The first kappa shape index (κ1) is 17.3. The summed E-state index contributed by atoms with van der Waals surface area (Å²) >= 11 is 1.32. The van der Waals surface area contributed by atoms with Crippen molar-refractivity contribution in [1.82, 2.24) is 9.88 Å². The van der Waals surface area contributed by atoms with Crippen LogP contribution in [0, 0.1) is 0 Å². The Kier molecular flexibility index (Phi) is 6.04. The summed E-state index contributed by atoms with van der Waals surface area (Å²) in [5.74, 6) is -0.0646. The molecule has 0 aliphatic carbocycles. The lowest BCUT2D eigenvalue weighted by Gasteiger charge is -2.28. The van der Waals surface area contributed by atoms with Crippen molar-refractivity contribution >= 4 is 23.0 Å². The standard InChI is InChI=1S/C18H22N2O2S/c1-4-5-8-16(14-7-6-9-19-11-14)20(3)18(22)15-10-17(13(2)21)23-12-15/h6-7,9-12,16H,4-5,8H2,1-3H3/t16-/m1/s1. The summed E-state index contributed by atoms with van der Waals surface area (Å²) in [4.78, 5) is 30.7. The zero-order valence-electron chi connectivity index (χ0n) is 13.8. The largest absolute Gasteiger partial charge is 0.335 e. The van der Waals surface area contributed by atoms with Gasteiger partial charge in [0.2, 0.25) is 0 Å². The molecule has 0 unspecified atom stereocenters. The molecule has 4 nitrogen and oxygen atoms in total. The van der Waals surface area contributed by atoms with E-state index < -0.39 is 0 Å². The minimum atomic E-state index is -0.0568. The SMILES string of the molecule is CCCC[C@H](c1cccnc1)N(C)C(=O)c1csc(C(C)=O)c1. The van der Waals surface area contributed by atoms with Gasteiger partial charge in [-0.2, -0.15) is 0 Å². The Morgan fingerprint density at radius 1 is 1.39 bits per heavy atom. The molecule has 2 aromatic heterocycles. The molecule has 0 aliphatic rings. The van der Waals surface area contributed by atoms with Gasteiger partial charge in [-0.1, -0.05) is 25.8 Å². The summed E-state index contributed by atoms with van der Waals surface area (Å²) in [6.07, 6.45) is 6.57. The summed E-state index contributed by atoms with van der Waals surface area (Å²) in [6, 6.07) is 5.58. The average Bonchev–Trinajstić information content (AvgIpc) is 3.05.